The molecule has 0 aromatic heterocycles. The molecule has 0 saturated carbocycles. The van der Waals surface area contributed by atoms with Crippen LogP contribution in [0, 0.1) is 0 Å². The smallest absolute Gasteiger partial charge is 0 e. The van der Waals surface area contributed by atoms with Gasteiger partial charge in [-0.1, -0.05) is 0 Å². The van der Waals surface area contributed by atoms with Gasteiger partial charge in [0, 0.05) is 104 Å². The van der Waals surface area contributed by atoms with Crippen molar-refractivity contribution >= 4 is 77.0 Å². The Bertz CT molecular complexity index is 8.00. The topological polar surface area (TPSA) is 0 Å². The van der Waals surface area contributed by atoms with Crippen molar-refractivity contribution in [1.29, 1.82) is 0 Å². The predicted octanol–water partition coefficient (Wildman–Crippen LogP) is -1.14. The SMILES string of the molecule is [Cd].[In].[Pb].[Sn]. The van der Waals surface area contributed by atoms with Gasteiger partial charge in [-0.3, -0.25) is 0 Å². The zero-order valence-corrected chi connectivity index (χ0v) is 16.4. The van der Waals surface area contributed by atoms with E-state index in [1.807, 2.05) is 0 Å². The van der Waals surface area contributed by atoms with Gasteiger partial charge in [0.15, 0.2) is 0 Å². The van der Waals surface area contributed by atoms with E-state index in [-0.39, 0.29) is 104 Å². The molecule has 0 aliphatic carbocycles. The summed E-state index contributed by atoms with van der Waals surface area (Å²) in [4.78, 5) is 0. The molecule has 13 valence electrons. The van der Waals surface area contributed by atoms with Crippen LogP contribution in [0.15, 0.2) is 0 Å². The van der Waals surface area contributed by atoms with E-state index in [2.05, 4.69) is 0 Å². The standard InChI is InChI=1S/Cd.In.Pb.Sn. The van der Waals surface area contributed by atoms with E-state index in [0.717, 1.165) is 0 Å². The first-order valence-corrected chi connectivity index (χ1v) is 0. The Labute approximate surface area is 102 Å². The van der Waals surface area contributed by atoms with Crippen molar-refractivity contribution in [3.63, 3.8) is 0 Å². The third-order valence-electron chi connectivity index (χ3n) is 0. The molecule has 4 heavy (non-hydrogen) atoms. The monoisotopic (exact) mass is 557 g/mol. The van der Waals surface area contributed by atoms with E-state index >= 15 is 0 Å². The van der Waals surface area contributed by atoms with Crippen LogP contribution in [0.5, 0.6) is 0 Å². The van der Waals surface area contributed by atoms with Crippen molar-refractivity contribution in [3.05, 3.63) is 0 Å². The van der Waals surface area contributed by atoms with Gasteiger partial charge in [0.25, 0.3) is 0 Å². The maximum Gasteiger partial charge on any atom is 0 e. The van der Waals surface area contributed by atoms with E-state index in [1.54, 1.807) is 0 Å². The van der Waals surface area contributed by atoms with Gasteiger partial charge in [0.1, 0.15) is 0 Å². The van der Waals surface area contributed by atoms with Gasteiger partial charge < -0.3 is 0 Å². The Kier molecular flexibility index (Phi) is 104. The molecule has 4 heteroatoms. The van der Waals surface area contributed by atoms with Crippen LogP contribution in [0.3, 0.4) is 0 Å². The summed E-state index contributed by atoms with van der Waals surface area (Å²) in [6.45, 7) is 0. The van der Waals surface area contributed by atoms with Gasteiger partial charge in [-0.05, 0) is 0 Å². The molecule has 0 atom stereocenters. The van der Waals surface area contributed by atoms with E-state index in [0.29, 0.717) is 0 Å². The quantitative estimate of drug-likeness (QED) is 0.333. The summed E-state index contributed by atoms with van der Waals surface area (Å²) < 4.78 is 0. The number of hydrogen-bond acceptors (Lipinski definition) is 0. The first-order valence-electron chi connectivity index (χ1n) is 0. The van der Waals surface area contributed by atoms with Crippen molar-refractivity contribution in [2.45, 2.75) is 0 Å². The van der Waals surface area contributed by atoms with Crippen LogP contribution in [-0.2, 0) is 27.3 Å². The van der Waals surface area contributed by atoms with E-state index < -0.39 is 0 Å². The van der Waals surface area contributed by atoms with E-state index in [1.165, 1.54) is 0 Å². The Hall–Kier alpha value is 3.51. The van der Waals surface area contributed by atoms with Crippen LogP contribution in [0.25, 0.3) is 0 Å². The summed E-state index contributed by atoms with van der Waals surface area (Å²) in [7, 11) is 0. The second-order valence-electron chi connectivity index (χ2n) is 0. The minimum absolute atomic E-state index is 0. The van der Waals surface area contributed by atoms with Crippen LogP contribution in [-0.4, -0.2) is 77.0 Å². The van der Waals surface area contributed by atoms with Crippen molar-refractivity contribution in [2.75, 3.05) is 0 Å². The first-order chi connectivity index (χ1) is 0. The molecule has 0 aliphatic heterocycles. The second-order valence-corrected chi connectivity index (χ2v) is 0. The van der Waals surface area contributed by atoms with E-state index in [9.17, 15) is 0 Å². The molecule has 0 aliphatic rings. The van der Waals surface area contributed by atoms with Crippen molar-refractivity contribution in [3.8, 4) is 0 Å². The summed E-state index contributed by atoms with van der Waals surface area (Å²) in [6.07, 6.45) is 0. The Morgan fingerprint density at radius 1 is 1.00 bits per heavy atom. The molecule has 0 nitrogen and oxygen atoms in total. The summed E-state index contributed by atoms with van der Waals surface area (Å²) in [5, 5.41) is 0. The molecular weight excluding hydrogens is 553 g/mol. The number of rotatable bonds is 0. The van der Waals surface area contributed by atoms with Gasteiger partial charge in [-0.25, -0.2) is 0 Å². The zero-order valence-electron chi connectivity index (χ0n) is 2.28. The van der Waals surface area contributed by atoms with Gasteiger partial charge >= 0.3 is 0 Å². The fraction of sp³-hybridized carbons (Fsp3) is 0. The molecule has 0 unspecified atom stereocenters. The molecule has 0 spiro atoms. The van der Waals surface area contributed by atoms with Gasteiger partial charge in [-0.2, -0.15) is 0 Å². The minimum atomic E-state index is 0. The average Bonchev–Trinajstić information content (AvgIpc) is 0. The Morgan fingerprint density at radius 3 is 1.00 bits per heavy atom. The van der Waals surface area contributed by atoms with Crippen molar-refractivity contribution in [2.24, 2.45) is 0 Å². The molecule has 0 bridgehead atoms. The molecule has 0 heterocycles. The minimum Gasteiger partial charge on any atom is 0 e. The third kappa shape index (κ3) is 9.10. The van der Waals surface area contributed by atoms with Crippen LogP contribution in [0.4, 0.5) is 0 Å². The largest absolute Gasteiger partial charge is 0 e. The van der Waals surface area contributed by atoms with Crippen molar-refractivity contribution < 1.29 is 27.3 Å². The molecule has 0 aromatic rings. The van der Waals surface area contributed by atoms with Crippen LogP contribution < -0.4 is 0 Å². The zero-order chi connectivity index (χ0) is 0. The van der Waals surface area contributed by atoms with Gasteiger partial charge in [-0.15, -0.1) is 0 Å². The molecule has 0 rings (SSSR count). The van der Waals surface area contributed by atoms with Gasteiger partial charge in [0.2, 0.25) is 0 Å². The molecule has 0 N–H and O–H groups in total. The Morgan fingerprint density at radius 2 is 1.00 bits per heavy atom. The first kappa shape index (κ1) is 25.8. The molecule has 0 saturated heterocycles. The fourth-order valence-corrected chi connectivity index (χ4v) is 0. The molecule has 11 radical (unpaired) electrons. The molecular formula is CdInPbSn. The summed E-state index contributed by atoms with van der Waals surface area (Å²) >= 11 is 0. The summed E-state index contributed by atoms with van der Waals surface area (Å²) in [5.41, 5.74) is 0. The maximum atomic E-state index is 0. The summed E-state index contributed by atoms with van der Waals surface area (Å²) in [6, 6.07) is 0. The van der Waals surface area contributed by atoms with Crippen LogP contribution in [0.2, 0.25) is 0 Å². The molecule has 0 amide bonds. The van der Waals surface area contributed by atoms with Crippen LogP contribution in [0.1, 0.15) is 0 Å². The number of hydrogen-bond donors (Lipinski definition) is 0. The Balaban J connectivity index is 0. The molecule has 0 aromatic carbocycles. The van der Waals surface area contributed by atoms with Crippen molar-refractivity contribution in [1.82, 2.24) is 0 Å². The second kappa shape index (κ2) is 16.0. The molecule has 0 fully saturated rings. The normalized spacial score (nSPS) is 0. The average molecular weight is 553 g/mol. The van der Waals surface area contributed by atoms with Gasteiger partial charge in [0.05, 0.1) is 0 Å². The maximum absolute atomic E-state index is 0. The predicted molar refractivity (Wildman–Crippen MR) is 17.3 cm³/mol. The fourth-order valence-electron chi connectivity index (χ4n) is 0. The third-order valence-corrected chi connectivity index (χ3v) is 0. The van der Waals surface area contributed by atoms with Crippen LogP contribution >= 0.6 is 0 Å². The summed E-state index contributed by atoms with van der Waals surface area (Å²) in [5.74, 6) is 0. The van der Waals surface area contributed by atoms with E-state index in [4.69, 9.17) is 0 Å².